The molecule has 3 aromatic rings. The van der Waals surface area contributed by atoms with Crippen LogP contribution in [0.1, 0.15) is 24.2 Å². The second-order valence-corrected chi connectivity index (χ2v) is 11.9. The van der Waals surface area contributed by atoms with Gasteiger partial charge in [0.05, 0.1) is 28.3 Å². The van der Waals surface area contributed by atoms with Crippen LogP contribution in [0.25, 0.3) is 10.2 Å². The lowest BCUT2D eigenvalue weighted by Gasteiger charge is -2.26. The zero-order valence-electron chi connectivity index (χ0n) is 22.0. The SMILES string of the molecule is CCN(CC)CCN(C(=O)c1ccc(S(=O)(=O)N2CCOCC2)cc1)c1nc2cc3c(cc2s1)OCCO3.[Cl-]. The van der Waals surface area contributed by atoms with E-state index in [1.54, 1.807) is 17.0 Å². The second kappa shape index (κ2) is 12.8. The molecule has 2 aromatic carbocycles. The Morgan fingerprint density at radius 2 is 1.62 bits per heavy atom. The molecule has 2 aliphatic rings. The molecule has 10 nitrogen and oxygen atoms in total. The largest absolute Gasteiger partial charge is 1.00 e. The molecule has 0 atom stereocenters. The molecule has 212 valence electrons. The highest BCUT2D eigenvalue weighted by Gasteiger charge is 2.28. The van der Waals surface area contributed by atoms with E-state index in [9.17, 15) is 13.2 Å². The monoisotopic (exact) mass is 595 g/mol. The van der Waals surface area contributed by atoms with Crippen molar-refractivity contribution >= 4 is 42.6 Å². The molecule has 0 spiro atoms. The summed E-state index contributed by atoms with van der Waals surface area (Å²) in [6.07, 6.45) is 0. The fourth-order valence-corrected chi connectivity index (χ4v) is 6.90. The van der Waals surface area contributed by atoms with Crippen molar-refractivity contribution < 1.29 is 39.8 Å². The van der Waals surface area contributed by atoms with Crippen LogP contribution in [0, 0.1) is 0 Å². The number of sulfonamides is 1. The predicted octanol–water partition coefficient (Wildman–Crippen LogP) is 0.0810. The number of morpholine rings is 1. The number of aromatic nitrogens is 1. The first-order valence-electron chi connectivity index (χ1n) is 12.8. The van der Waals surface area contributed by atoms with Gasteiger partial charge in [-0.15, -0.1) is 0 Å². The van der Waals surface area contributed by atoms with E-state index in [0.29, 0.717) is 74.8 Å². The Bertz CT molecular complexity index is 1350. The molecule has 5 rings (SSSR count). The molecule has 0 N–H and O–H groups in total. The van der Waals surface area contributed by atoms with Gasteiger partial charge < -0.3 is 31.5 Å². The van der Waals surface area contributed by atoms with E-state index in [0.717, 1.165) is 23.3 Å². The average molecular weight is 596 g/mol. The molecule has 0 radical (unpaired) electrons. The first-order valence-corrected chi connectivity index (χ1v) is 15.1. The Hall–Kier alpha value is -2.48. The highest BCUT2D eigenvalue weighted by molar-refractivity contribution is 7.89. The van der Waals surface area contributed by atoms with Crippen molar-refractivity contribution in [2.75, 3.05) is 70.6 Å². The van der Waals surface area contributed by atoms with Crippen LogP contribution in [-0.2, 0) is 14.8 Å². The Morgan fingerprint density at radius 1 is 0.974 bits per heavy atom. The third kappa shape index (κ3) is 6.31. The molecule has 1 saturated heterocycles. The van der Waals surface area contributed by atoms with Crippen LogP contribution in [-0.4, -0.2) is 94.2 Å². The van der Waals surface area contributed by atoms with E-state index in [1.165, 1.54) is 27.8 Å². The number of ether oxygens (including phenoxy) is 3. The molecule has 0 aliphatic carbocycles. The molecular weight excluding hydrogens is 564 g/mol. The number of hydrogen-bond acceptors (Lipinski definition) is 9. The Balaban J connectivity index is 0.00000353. The highest BCUT2D eigenvalue weighted by Crippen LogP contribution is 2.39. The topological polar surface area (TPSA) is 102 Å². The van der Waals surface area contributed by atoms with Gasteiger partial charge in [0.1, 0.15) is 13.2 Å². The quantitative estimate of drug-likeness (QED) is 0.343. The maximum absolute atomic E-state index is 13.8. The maximum atomic E-state index is 13.8. The van der Waals surface area contributed by atoms with Gasteiger partial charge >= 0.3 is 0 Å². The van der Waals surface area contributed by atoms with Crippen LogP contribution >= 0.6 is 11.3 Å². The number of nitrogens with zero attached hydrogens (tertiary/aromatic N) is 4. The summed E-state index contributed by atoms with van der Waals surface area (Å²) >= 11 is 1.42. The van der Waals surface area contributed by atoms with E-state index in [-0.39, 0.29) is 23.2 Å². The van der Waals surface area contributed by atoms with Crippen molar-refractivity contribution in [1.29, 1.82) is 0 Å². The Kier molecular flexibility index (Phi) is 9.68. The summed E-state index contributed by atoms with van der Waals surface area (Å²) < 4.78 is 45.0. The fourth-order valence-electron chi connectivity index (χ4n) is 4.49. The van der Waals surface area contributed by atoms with E-state index in [2.05, 4.69) is 18.7 Å². The number of likely N-dealkylation sites (N-methyl/N-ethyl adjacent to an activating group) is 1. The first kappa shape index (κ1) is 29.5. The van der Waals surface area contributed by atoms with Gasteiger partial charge in [0, 0.05) is 43.9 Å². The van der Waals surface area contributed by atoms with Gasteiger partial charge in [-0.25, -0.2) is 13.4 Å². The molecule has 0 unspecified atom stereocenters. The van der Waals surface area contributed by atoms with Crippen molar-refractivity contribution in [2.24, 2.45) is 0 Å². The molecule has 39 heavy (non-hydrogen) atoms. The number of halogens is 1. The number of thiazole rings is 1. The van der Waals surface area contributed by atoms with Gasteiger partial charge in [0.15, 0.2) is 16.6 Å². The smallest absolute Gasteiger partial charge is 0.260 e. The van der Waals surface area contributed by atoms with Crippen LogP contribution in [0.15, 0.2) is 41.3 Å². The summed E-state index contributed by atoms with van der Waals surface area (Å²) in [5.41, 5.74) is 1.14. The average Bonchev–Trinajstić information content (AvgIpc) is 3.36. The molecule has 1 fully saturated rings. The van der Waals surface area contributed by atoms with Crippen molar-refractivity contribution in [3.63, 3.8) is 0 Å². The van der Waals surface area contributed by atoms with Crippen molar-refractivity contribution in [2.45, 2.75) is 18.7 Å². The number of hydrogen-bond donors (Lipinski definition) is 0. The summed E-state index contributed by atoms with van der Waals surface area (Å²) in [6, 6.07) is 9.91. The minimum atomic E-state index is -3.64. The molecule has 3 heterocycles. The summed E-state index contributed by atoms with van der Waals surface area (Å²) in [7, 11) is -3.64. The van der Waals surface area contributed by atoms with E-state index in [4.69, 9.17) is 19.2 Å². The summed E-state index contributed by atoms with van der Waals surface area (Å²) in [5, 5.41) is 0.574. The molecule has 1 amide bonds. The summed E-state index contributed by atoms with van der Waals surface area (Å²) in [4.78, 5) is 22.6. The van der Waals surface area contributed by atoms with Gasteiger partial charge in [-0.05, 0) is 37.4 Å². The molecule has 1 aromatic heterocycles. The first-order chi connectivity index (χ1) is 18.4. The Labute approximate surface area is 238 Å². The third-order valence-corrected chi connectivity index (χ3v) is 9.71. The fraction of sp³-hybridized carbons (Fsp3) is 0.462. The van der Waals surface area contributed by atoms with E-state index in [1.807, 2.05) is 12.1 Å². The minimum absolute atomic E-state index is 0. The summed E-state index contributed by atoms with van der Waals surface area (Å²) in [6.45, 7) is 9.41. The molecule has 13 heteroatoms. The van der Waals surface area contributed by atoms with Gasteiger partial charge in [-0.1, -0.05) is 25.2 Å². The number of rotatable bonds is 9. The lowest BCUT2D eigenvalue weighted by molar-refractivity contribution is -0.0000187. The second-order valence-electron chi connectivity index (χ2n) is 8.98. The molecule has 0 bridgehead atoms. The number of benzene rings is 2. The van der Waals surface area contributed by atoms with Crippen LogP contribution < -0.4 is 26.8 Å². The van der Waals surface area contributed by atoms with E-state index >= 15 is 0 Å². The standard InChI is InChI=1S/C26H32N4O6S2.ClH/c1-3-28(4-2)9-10-30(26-27-21-17-22-23(18-24(21)37-26)36-16-15-35-22)25(31)19-5-7-20(8-6-19)38(32,33)29-11-13-34-14-12-29;/h5-8,17-18H,3-4,9-16H2,1-2H3;1H/p-1. The number of amides is 1. The van der Waals surface area contributed by atoms with Crippen LogP contribution in [0.5, 0.6) is 11.5 Å². The summed E-state index contributed by atoms with van der Waals surface area (Å²) in [5.74, 6) is 1.10. The zero-order chi connectivity index (χ0) is 26.7. The number of fused-ring (bicyclic) bond motifs is 2. The van der Waals surface area contributed by atoms with Crippen molar-refractivity contribution in [3.05, 3.63) is 42.0 Å². The van der Waals surface area contributed by atoms with Crippen molar-refractivity contribution in [3.8, 4) is 11.5 Å². The van der Waals surface area contributed by atoms with E-state index < -0.39 is 10.0 Å². The van der Waals surface area contributed by atoms with Crippen LogP contribution in [0.4, 0.5) is 5.13 Å². The third-order valence-electron chi connectivity index (χ3n) is 6.76. The molecule has 0 saturated carbocycles. The Morgan fingerprint density at radius 3 is 2.26 bits per heavy atom. The van der Waals surface area contributed by atoms with Gasteiger partial charge in [-0.3, -0.25) is 9.69 Å². The normalized spacial score (nSPS) is 15.8. The van der Waals surface area contributed by atoms with Crippen LogP contribution in [0.3, 0.4) is 0 Å². The number of carbonyl (C=O) groups is 1. The number of carbonyl (C=O) groups excluding carboxylic acids is 1. The van der Waals surface area contributed by atoms with Gasteiger partial charge in [0.25, 0.3) is 5.91 Å². The molecular formula is C26H32ClN4O6S2-. The minimum Gasteiger partial charge on any atom is -1.00 e. The van der Waals surface area contributed by atoms with Gasteiger partial charge in [0.2, 0.25) is 10.0 Å². The number of anilines is 1. The lowest BCUT2D eigenvalue weighted by Crippen LogP contribution is -3.00. The zero-order valence-corrected chi connectivity index (χ0v) is 24.4. The maximum Gasteiger partial charge on any atom is 0.260 e. The highest BCUT2D eigenvalue weighted by atomic mass is 35.5. The van der Waals surface area contributed by atoms with Crippen molar-refractivity contribution in [1.82, 2.24) is 14.2 Å². The van der Waals surface area contributed by atoms with Crippen LogP contribution in [0.2, 0.25) is 0 Å². The lowest BCUT2D eigenvalue weighted by atomic mass is 10.2. The molecule has 2 aliphatic heterocycles. The predicted molar refractivity (Wildman–Crippen MR) is 146 cm³/mol. The van der Waals surface area contributed by atoms with Gasteiger partial charge in [-0.2, -0.15) is 4.31 Å².